The Hall–Kier alpha value is -3.95. The number of anilines is 1. The van der Waals surface area contributed by atoms with Gasteiger partial charge in [0.15, 0.2) is 5.43 Å². The highest BCUT2D eigenvalue weighted by molar-refractivity contribution is 6.62. The van der Waals surface area contributed by atoms with Gasteiger partial charge in [-0.1, -0.05) is 18.2 Å². The van der Waals surface area contributed by atoms with E-state index in [0.717, 1.165) is 29.5 Å². The zero-order chi connectivity index (χ0) is 27.1. The van der Waals surface area contributed by atoms with E-state index >= 15 is 0 Å². The maximum atomic E-state index is 14.4. The fourth-order valence-corrected chi connectivity index (χ4v) is 5.43. The maximum absolute atomic E-state index is 14.4. The number of hydrogen-bond donors (Lipinski definition) is 2. The van der Waals surface area contributed by atoms with Crippen LogP contribution in [0.5, 0.6) is 0 Å². The summed E-state index contributed by atoms with van der Waals surface area (Å²) < 4.78 is 31.3. The third-order valence-electron chi connectivity index (χ3n) is 7.48. The van der Waals surface area contributed by atoms with Crippen LogP contribution in [-0.2, 0) is 9.49 Å². The van der Waals surface area contributed by atoms with E-state index in [1.165, 1.54) is 18.3 Å². The molecule has 3 aromatic carbocycles. The van der Waals surface area contributed by atoms with E-state index in [1.807, 2.05) is 38.1 Å². The molecule has 2 N–H and O–H groups in total. The molecule has 2 aliphatic rings. The molecule has 6 rings (SSSR count). The molecule has 198 valence electrons. The van der Waals surface area contributed by atoms with Gasteiger partial charge in [-0.05, 0) is 73.7 Å². The van der Waals surface area contributed by atoms with Gasteiger partial charge in [-0.3, -0.25) is 4.79 Å². The highest BCUT2D eigenvalue weighted by Gasteiger charge is 2.26. The summed E-state index contributed by atoms with van der Waals surface area (Å²) in [5.41, 5.74) is 5.72. The van der Waals surface area contributed by atoms with Crippen molar-refractivity contribution >= 4 is 35.5 Å². The molecule has 0 radical (unpaired) electrons. The summed E-state index contributed by atoms with van der Waals surface area (Å²) in [6.45, 7) is 5.26. The second-order valence-electron chi connectivity index (χ2n) is 10.2. The van der Waals surface area contributed by atoms with E-state index in [1.54, 1.807) is 18.2 Å². The Balaban J connectivity index is 1.40. The zero-order valence-electron chi connectivity index (χ0n) is 21.7. The van der Waals surface area contributed by atoms with Crippen molar-refractivity contribution in [3.8, 4) is 11.1 Å². The Morgan fingerprint density at radius 1 is 1.10 bits per heavy atom. The van der Waals surface area contributed by atoms with Gasteiger partial charge in [0.25, 0.3) is 0 Å². The van der Waals surface area contributed by atoms with Gasteiger partial charge in [-0.15, -0.1) is 5.16 Å². The normalized spacial score (nSPS) is 16.2. The number of ether oxygens (including phenoxy) is 1. The summed E-state index contributed by atoms with van der Waals surface area (Å²) in [6.07, 6.45) is 3.16. The van der Waals surface area contributed by atoms with Crippen molar-refractivity contribution in [1.29, 1.82) is 0 Å². The molecule has 9 heteroatoms. The van der Waals surface area contributed by atoms with E-state index in [4.69, 9.17) is 13.9 Å². The lowest BCUT2D eigenvalue weighted by Gasteiger charge is -2.23. The molecule has 0 bridgehead atoms. The van der Waals surface area contributed by atoms with Crippen LogP contribution in [-0.4, -0.2) is 31.6 Å². The minimum atomic E-state index is -1.14. The van der Waals surface area contributed by atoms with Crippen LogP contribution in [0, 0.1) is 12.7 Å². The number of nitrogens with zero attached hydrogens (tertiary/aromatic N) is 1. The molecule has 2 aliphatic heterocycles. The summed E-state index contributed by atoms with van der Waals surface area (Å²) in [5, 5.41) is 17.9. The molecule has 39 heavy (non-hydrogen) atoms. The third kappa shape index (κ3) is 4.95. The summed E-state index contributed by atoms with van der Waals surface area (Å²) in [5.74, 6) is 0.469. The number of aryl methyl sites for hydroxylation is 1. The largest absolute Gasteiger partial charge is 0.583 e. The van der Waals surface area contributed by atoms with Gasteiger partial charge >= 0.3 is 7.12 Å². The molecule has 0 aliphatic carbocycles. The number of hydrogen-bond acceptors (Lipinski definition) is 7. The lowest BCUT2D eigenvalue weighted by atomic mass is 9.75. The topological polar surface area (TPSA) is 93.3 Å². The highest BCUT2D eigenvalue weighted by Crippen LogP contribution is 2.35. The number of fused-ring (bicyclic) bond motifs is 2. The Kier molecular flexibility index (Phi) is 6.70. The van der Waals surface area contributed by atoms with Crippen LogP contribution in [0.3, 0.4) is 0 Å². The smallest absolute Gasteiger partial charge is 0.460 e. The average molecular weight is 526 g/mol. The predicted molar refractivity (Wildman–Crippen MR) is 150 cm³/mol. The quantitative estimate of drug-likeness (QED) is 0.355. The summed E-state index contributed by atoms with van der Waals surface area (Å²) in [6, 6.07) is 15.2. The maximum Gasteiger partial charge on any atom is 0.583 e. The minimum absolute atomic E-state index is 0.0562. The van der Waals surface area contributed by atoms with Gasteiger partial charge in [-0.25, -0.2) is 4.39 Å². The second-order valence-corrected chi connectivity index (χ2v) is 10.2. The first-order chi connectivity index (χ1) is 18.9. The van der Waals surface area contributed by atoms with Crippen LogP contribution in [0.4, 0.5) is 10.1 Å². The summed E-state index contributed by atoms with van der Waals surface area (Å²) in [7, 11) is -1.14. The first-order valence-corrected chi connectivity index (χ1v) is 13.1. The first-order valence-electron chi connectivity index (χ1n) is 13.1. The van der Waals surface area contributed by atoms with Crippen LogP contribution in [0.1, 0.15) is 54.2 Å². The van der Waals surface area contributed by atoms with Crippen molar-refractivity contribution in [2.75, 3.05) is 18.5 Å². The van der Waals surface area contributed by atoms with E-state index in [-0.39, 0.29) is 23.2 Å². The fraction of sp³-hybridized carbons (Fsp3) is 0.267. The van der Waals surface area contributed by atoms with E-state index < -0.39 is 7.12 Å². The van der Waals surface area contributed by atoms with Crippen LogP contribution in [0.15, 0.2) is 69.0 Å². The minimum Gasteiger partial charge on any atom is -0.460 e. The molecule has 1 saturated heterocycles. The summed E-state index contributed by atoms with van der Waals surface area (Å²) in [4.78, 5) is 13.2. The molecule has 0 unspecified atom stereocenters. The van der Waals surface area contributed by atoms with E-state index in [2.05, 4.69) is 10.5 Å². The van der Waals surface area contributed by atoms with E-state index in [0.29, 0.717) is 52.2 Å². The Morgan fingerprint density at radius 2 is 1.92 bits per heavy atom. The van der Waals surface area contributed by atoms with Gasteiger partial charge in [0.2, 0.25) is 0 Å². The van der Waals surface area contributed by atoms with Crippen LogP contribution in [0.2, 0.25) is 0 Å². The number of nitrogens with one attached hydrogen (secondary N) is 1. The molecule has 0 amide bonds. The van der Waals surface area contributed by atoms with Crippen LogP contribution < -0.4 is 16.2 Å². The van der Waals surface area contributed by atoms with Gasteiger partial charge < -0.3 is 24.2 Å². The number of oxime groups is 1. The van der Waals surface area contributed by atoms with Crippen LogP contribution in [0.25, 0.3) is 22.1 Å². The van der Waals surface area contributed by atoms with Crippen LogP contribution >= 0.6 is 0 Å². The van der Waals surface area contributed by atoms with Crippen molar-refractivity contribution in [1.82, 2.24) is 0 Å². The Morgan fingerprint density at radius 3 is 2.74 bits per heavy atom. The van der Waals surface area contributed by atoms with E-state index in [9.17, 15) is 14.2 Å². The van der Waals surface area contributed by atoms with Gasteiger partial charge in [0.1, 0.15) is 17.2 Å². The Bertz CT molecular complexity index is 1650. The number of benzene rings is 3. The number of rotatable bonds is 5. The summed E-state index contributed by atoms with van der Waals surface area (Å²) >= 11 is 0. The predicted octanol–water partition coefficient (Wildman–Crippen LogP) is 5.03. The molecule has 3 heterocycles. The monoisotopic (exact) mass is 526 g/mol. The zero-order valence-corrected chi connectivity index (χ0v) is 21.7. The molecule has 0 spiro atoms. The van der Waals surface area contributed by atoms with Gasteiger partial charge in [-0.2, -0.15) is 0 Å². The molecule has 1 atom stereocenters. The van der Waals surface area contributed by atoms with Gasteiger partial charge in [0, 0.05) is 47.5 Å². The lowest BCUT2D eigenvalue weighted by molar-refractivity contribution is 0.0807. The fourth-order valence-electron chi connectivity index (χ4n) is 5.43. The molecule has 0 saturated carbocycles. The molecular weight excluding hydrogens is 498 g/mol. The van der Waals surface area contributed by atoms with Gasteiger partial charge in [0.05, 0.1) is 17.6 Å². The molecule has 1 fully saturated rings. The molecule has 4 aromatic rings. The highest BCUT2D eigenvalue weighted by atomic mass is 19.1. The molecule has 1 aromatic heterocycles. The second kappa shape index (κ2) is 10.3. The standard InChI is InChI=1S/C30H28BFN2O5/c1-17-11-23(30-25(12-17)28(35)15-29(38-30)19-7-9-37-10-8-19)18(2)34-27-6-4-22(32)14-24(27)20-3-5-26-21(13-20)16-33-39-31(26)36/h3-6,11-16,18-19,34,36H,7-10H2,1-2H3/t18-/m0/s1. The van der Waals surface area contributed by atoms with Crippen molar-refractivity contribution in [2.45, 2.75) is 38.6 Å². The average Bonchev–Trinajstić information content (AvgIpc) is 2.94. The SMILES string of the molecule is Cc1cc([C@H](C)Nc2ccc(F)cc2-c2ccc3c(c2)C=NOB3O)c2oc(C3CCOCC3)cc(=O)c2c1. The Labute approximate surface area is 225 Å². The lowest BCUT2D eigenvalue weighted by Crippen LogP contribution is -2.37. The van der Waals surface area contributed by atoms with Crippen molar-refractivity contribution in [2.24, 2.45) is 5.16 Å². The van der Waals surface area contributed by atoms with Crippen molar-refractivity contribution in [3.63, 3.8) is 0 Å². The van der Waals surface area contributed by atoms with Crippen molar-refractivity contribution in [3.05, 3.63) is 93.1 Å². The first kappa shape index (κ1) is 25.3. The molecular formula is C30H28BFN2O5. The third-order valence-corrected chi connectivity index (χ3v) is 7.48. The van der Waals surface area contributed by atoms with Crippen molar-refractivity contribution < 1.29 is 23.3 Å². The number of halogens is 1. The molecule has 7 nitrogen and oxygen atoms in total.